The molecule has 138 valence electrons. The third-order valence-corrected chi connectivity index (χ3v) is 4.07. The number of hydrogen-bond acceptors (Lipinski definition) is 2. The highest BCUT2D eigenvalue weighted by Crippen LogP contribution is 2.16. The molecule has 0 aliphatic rings. The lowest BCUT2D eigenvalue weighted by molar-refractivity contribution is 0.186. The monoisotopic (exact) mass is 476 g/mol. The van der Waals surface area contributed by atoms with E-state index in [1.165, 1.54) is 5.69 Å². The van der Waals surface area contributed by atoms with Crippen molar-refractivity contribution in [2.75, 3.05) is 20.1 Å². The van der Waals surface area contributed by atoms with Gasteiger partial charge in [0.1, 0.15) is 0 Å². The SMILES string of the molecule is CCNC(=NCC(O)c1ccc(Cl)cc1)N(C)Cc1cccn1C.I. The average molecular weight is 477 g/mol. The summed E-state index contributed by atoms with van der Waals surface area (Å²) in [6.07, 6.45) is 1.37. The first-order valence-electron chi connectivity index (χ1n) is 8.04. The number of aliphatic hydroxyl groups is 1. The first kappa shape index (κ1) is 21.8. The second-order valence-corrected chi connectivity index (χ2v) is 6.16. The molecule has 7 heteroatoms. The number of aromatic nitrogens is 1. The number of nitrogens with one attached hydrogen (secondary N) is 1. The second kappa shape index (κ2) is 10.7. The van der Waals surface area contributed by atoms with Crippen LogP contribution >= 0.6 is 35.6 Å². The summed E-state index contributed by atoms with van der Waals surface area (Å²) in [5.74, 6) is 0.770. The molecular formula is C18H26ClIN4O. The van der Waals surface area contributed by atoms with Gasteiger partial charge in [-0.25, -0.2) is 0 Å². The molecule has 0 amide bonds. The Bertz CT molecular complexity index is 672. The van der Waals surface area contributed by atoms with E-state index in [4.69, 9.17) is 11.6 Å². The van der Waals surface area contributed by atoms with Gasteiger partial charge in [-0.05, 0) is 36.8 Å². The van der Waals surface area contributed by atoms with Crippen LogP contribution in [0.15, 0.2) is 47.6 Å². The van der Waals surface area contributed by atoms with Crippen molar-refractivity contribution in [3.8, 4) is 0 Å². The van der Waals surface area contributed by atoms with Gasteiger partial charge in [0, 0.05) is 37.6 Å². The Morgan fingerprint density at radius 1 is 1.32 bits per heavy atom. The van der Waals surface area contributed by atoms with E-state index in [1.807, 2.05) is 50.3 Å². The number of aliphatic hydroxyl groups excluding tert-OH is 1. The fourth-order valence-electron chi connectivity index (χ4n) is 2.41. The topological polar surface area (TPSA) is 52.8 Å². The summed E-state index contributed by atoms with van der Waals surface area (Å²) in [7, 11) is 4.01. The highest BCUT2D eigenvalue weighted by molar-refractivity contribution is 14.0. The standard InChI is InChI=1S/C18H25ClN4O.HI/c1-4-20-18(23(3)13-16-6-5-11-22(16)2)21-12-17(24)14-7-9-15(19)10-8-14;/h5-11,17,24H,4,12-13H2,1-3H3,(H,20,21);1H. The summed E-state index contributed by atoms with van der Waals surface area (Å²) in [4.78, 5) is 6.61. The van der Waals surface area contributed by atoms with Crippen molar-refractivity contribution in [2.24, 2.45) is 12.0 Å². The highest BCUT2D eigenvalue weighted by Gasteiger charge is 2.11. The van der Waals surface area contributed by atoms with Gasteiger partial charge in [-0.2, -0.15) is 0 Å². The Morgan fingerprint density at radius 2 is 2.00 bits per heavy atom. The Kier molecular flexibility index (Phi) is 9.31. The van der Waals surface area contributed by atoms with Crippen molar-refractivity contribution in [1.29, 1.82) is 0 Å². The average Bonchev–Trinajstić information content (AvgIpc) is 2.96. The zero-order chi connectivity index (χ0) is 17.5. The summed E-state index contributed by atoms with van der Waals surface area (Å²) in [5.41, 5.74) is 2.01. The normalized spacial score (nSPS) is 12.4. The fraction of sp³-hybridized carbons (Fsp3) is 0.389. The van der Waals surface area contributed by atoms with E-state index in [1.54, 1.807) is 12.1 Å². The van der Waals surface area contributed by atoms with Crippen LogP contribution in [0.25, 0.3) is 0 Å². The van der Waals surface area contributed by atoms with Gasteiger partial charge >= 0.3 is 0 Å². The van der Waals surface area contributed by atoms with E-state index in [0.717, 1.165) is 24.6 Å². The maximum atomic E-state index is 10.3. The minimum atomic E-state index is -0.653. The quantitative estimate of drug-likeness (QED) is 0.382. The summed E-state index contributed by atoms with van der Waals surface area (Å²) < 4.78 is 2.09. The molecule has 5 nitrogen and oxygen atoms in total. The third-order valence-electron chi connectivity index (χ3n) is 3.82. The summed E-state index contributed by atoms with van der Waals surface area (Å²) >= 11 is 5.88. The number of aliphatic imine (C=N–C) groups is 1. The lowest BCUT2D eigenvalue weighted by Gasteiger charge is -2.23. The molecule has 2 rings (SSSR count). The van der Waals surface area contributed by atoms with Crippen LogP contribution in [0.5, 0.6) is 0 Å². The van der Waals surface area contributed by atoms with Gasteiger partial charge in [0.05, 0.1) is 19.2 Å². The molecule has 1 heterocycles. The highest BCUT2D eigenvalue weighted by atomic mass is 127. The van der Waals surface area contributed by atoms with Crippen molar-refractivity contribution in [3.63, 3.8) is 0 Å². The Balaban J connectivity index is 0.00000312. The van der Waals surface area contributed by atoms with Crippen LogP contribution in [0.4, 0.5) is 0 Å². The molecule has 1 aromatic heterocycles. The molecule has 0 radical (unpaired) electrons. The lowest BCUT2D eigenvalue weighted by Crippen LogP contribution is -2.39. The molecule has 2 N–H and O–H groups in total. The molecule has 1 atom stereocenters. The van der Waals surface area contributed by atoms with Crippen LogP contribution in [0, 0.1) is 0 Å². The maximum Gasteiger partial charge on any atom is 0.194 e. The van der Waals surface area contributed by atoms with Crippen LogP contribution in [0.1, 0.15) is 24.3 Å². The van der Waals surface area contributed by atoms with Crippen LogP contribution in [-0.4, -0.2) is 40.7 Å². The number of rotatable bonds is 6. The second-order valence-electron chi connectivity index (χ2n) is 5.73. The smallest absolute Gasteiger partial charge is 0.194 e. The van der Waals surface area contributed by atoms with Gasteiger partial charge in [0.25, 0.3) is 0 Å². The Labute approximate surface area is 171 Å². The summed E-state index contributed by atoms with van der Waals surface area (Å²) in [5, 5.41) is 14.2. The first-order valence-corrected chi connectivity index (χ1v) is 8.42. The van der Waals surface area contributed by atoms with Crippen molar-refractivity contribution in [2.45, 2.75) is 19.6 Å². The van der Waals surface area contributed by atoms with Gasteiger partial charge in [0.15, 0.2) is 5.96 Å². The van der Waals surface area contributed by atoms with Crippen molar-refractivity contribution in [1.82, 2.24) is 14.8 Å². The maximum absolute atomic E-state index is 10.3. The molecule has 0 fully saturated rings. The van der Waals surface area contributed by atoms with Crippen LogP contribution in [0.2, 0.25) is 5.02 Å². The zero-order valence-corrected chi connectivity index (χ0v) is 17.9. The largest absolute Gasteiger partial charge is 0.386 e. The van der Waals surface area contributed by atoms with E-state index in [-0.39, 0.29) is 24.0 Å². The van der Waals surface area contributed by atoms with Crippen LogP contribution in [-0.2, 0) is 13.6 Å². The summed E-state index contributed by atoms with van der Waals surface area (Å²) in [6, 6.07) is 11.3. The van der Waals surface area contributed by atoms with Gasteiger partial charge in [-0.1, -0.05) is 23.7 Å². The van der Waals surface area contributed by atoms with Crippen LogP contribution < -0.4 is 5.32 Å². The van der Waals surface area contributed by atoms with E-state index >= 15 is 0 Å². The molecule has 0 bridgehead atoms. The number of hydrogen-bond donors (Lipinski definition) is 2. The first-order chi connectivity index (χ1) is 11.5. The molecule has 0 saturated heterocycles. The number of benzene rings is 1. The number of guanidine groups is 1. The van der Waals surface area contributed by atoms with Crippen LogP contribution in [0.3, 0.4) is 0 Å². The molecular weight excluding hydrogens is 451 g/mol. The number of aryl methyl sites for hydroxylation is 1. The summed E-state index contributed by atoms with van der Waals surface area (Å²) in [6.45, 7) is 3.84. The number of nitrogens with zero attached hydrogens (tertiary/aromatic N) is 3. The fourth-order valence-corrected chi connectivity index (χ4v) is 2.54. The molecule has 0 aliphatic carbocycles. The van der Waals surface area contributed by atoms with E-state index in [2.05, 4.69) is 20.9 Å². The van der Waals surface area contributed by atoms with Gasteiger partial charge in [-0.3, -0.25) is 4.99 Å². The molecule has 2 aromatic rings. The third kappa shape index (κ3) is 6.52. The number of halogens is 2. The van der Waals surface area contributed by atoms with Gasteiger partial charge in [0.2, 0.25) is 0 Å². The Morgan fingerprint density at radius 3 is 2.56 bits per heavy atom. The predicted molar refractivity (Wildman–Crippen MR) is 115 cm³/mol. The lowest BCUT2D eigenvalue weighted by atomic mass is 10.1. The zero-order valence-electron chi connectivity index (χ0n) is 14.8. The van der Waals surface area contributed by atoms with Crippen molar-refractivity contribution in [3.05, 3.63) is 58.9 Å². The van der Waals surface area contributed by atoms with Crippen molar-refractivity contribution >= 4 is 41.5 Å². The minimum absolute atomic E-state index is 0. The molecule has 0 saturated carbocycles. The molecule has 25 heavy (non-hydrogen) atoms. The predicted octanol–water partition coefficient (Wildman–Crippen LogP) is 3.43. The van der Waals surface area contributed by atoms with E-state index in [9.17, 15) is 5.11 Å². The van der Waals surface area contributed by atoms with Crippen molar-refractivity contribution < 1.29 is 5.11 Å². The molecule has 1 aromatic carbocycles. The Hall–Kier alpha value is -1.25. The van der Waals surface area contributed by atoms with Gasteiger partial charge < -0.3 is 19.9 Å². The molecule has 1 unspecified atom stereocenters. The molecule has 0 aliphatic heterocycles. The molecule has 0 spiro atoms. The minimum Gasteiger partial charge on any atom is -0.386 e. The van der Waals surface area contributed by atoms with Gasteiger partial charge in [-0.15, -0.1) is 24.0 Å². The van der Waals surface area contributed by atoms with E-state index < -0.39 is 6.10 Å². The van der Waals surface area contributed by atoms with E-state index in [0.29, 0.717) is 11.6 Å².